The smallest absolute Gasteiger partial charge is 0.324 e. The molecule has 0 saturated heterocycles. The fourth-order valence-corrected chi connectivity index (χ4v) is 2.46. The zero-order chi connectivity index (χ0) is 13.7. The Labute approximate surface area is 109 Å². The average molecular weight is 272 g/mol. The molecule has 1 rings (SSSR count). The van der Waals surface area contributed by atoms with Crippen LogP contribution in [0.1, 0.15) is 25.8 Å². The Morgan fingerprint density at radius 1 is 1.67 bits per heavy atom. The second-order valence-electron chi connectivity index (χ2n) is 4.06. The first-order chi connectivity index (χ1) is 8.43. The first-order valence-electron chi connectivity index (χ1n) is 5.61. The van der Waals surface area contributed by atoms with Gasteiger partial charge in [-0.2, -0.15) is 0 Å². The molecule has 1 aromatic rings. The van der Waals surface area contributed by atoms with Gasteiger partial charge in [0.2, 0.25) is 0 Å². The summed E-state index contributed by atoms with van der Waals surface area (Å²) >= 11 is 1.09. The molecule has 0 aliphatic rings. The molecular weight excluding hydrogens is 256 g/mol. The minimum absolute atomic E-state index is 0.0695. The normalized spacial score (nSPS) is 12.6. The van der Waals surface area contributed by atoms with Crippen LogP contribution in [0.4, 0.5) is 5.00 Å². The topological polar surface area (TPSA) is 83.7 Å². The van der Waals surface area contributed by atoms with Crippen LogP contribution in [-0.2, 0) is 11.3 Å². The lowest BCUT2D eigenvalue weighted by molar-refractivity contribution is -0.380. The molecule has 1 atom stereocenters. The minimum Gasteiger partial charge on any atom is -0.481 e. The summed E-state index contributed by atoms with van der Waals surface area (Å²) in [7, 11) is 0. The van der Waals surface area contributed by atoms with Gasteiger partial charge in [-0.3, -0.25) is 19.8 Å². The standard InChI is InChI=1S/C11H16N2O4S/c1-3-12(8(2)4-11(14)15)6-9-5-10(13(16)17)18-7-9/h5,7-8H,3-4,6H2,1-2H3,(H,14,15). The summed E-state index contributed by atoms with van der Waals surface area (Å²) < 4.78 is 0. The van der Waals surface area contributed by atoms with Crippen LogP contribution in [0.3, 0.4) is 0 Å². The number of aliphatic carboxylic acids is 1. The van der Waals surface area contributed by atoms with Crippen LogP contribution in [0.25, 0.3) is 0 Å². The van der Waals surface area contributed by atoms with Gasteiger partial charge in [0.05, 0.1) is 11.3 Å². The van der Waals surface area contributed by atoms with Gasteiger partial charge in [0.15, 0.2) is 0 Å². The Kier molecular flexibility index (Phi) is 5.24. The van der Waals surface area contributed by atoms with E-state index in [1.165, 1.54) is 0 Å². The summed E-state index contributed by atoms with van der Waals surface area (Å²) in [5.41, 5.74) is 0.853. The molecule has 100 valence electrons. The van der Waals surface area contributed by atoms with Crippen molar-refractivity contribution in [2.45, 2.75) is 32.9 Å². The lowest BCUT2D eigenvalue weighted by Crippen LogP contribution is -2.33. The van der Waals surface area contributed by atoms with Crippen molar-refractivity contribution in [1.29, 1.82) is 0 Å². The fraction of sp³-hybridized carbons (Fsp3) is 0.545. The van der Waals surface area contributed by atoms with Crippen molar-refractivity contribution < 1.29 is 14.8 Å². The summed E-state index contributed by atoms with van der Waals surface area (Å²) in [4.78, 5) is 22.8. The lowest BCUT2D eigenvalue weighted by Gasteiger charge is -2.26. The van der Waals surface area contributed by atoms with Crippen LogP contribution < -0.4 is 0 Å². The molecule has 0 aliphatic heterocycles. The van der Waals surface area contributed by atoms with Crippen LogP contribution in [0, 0.1) is 10.1 Å². The summed E-state index contributed by atoms with van der Waals surface area (Å²) in [6.45, 7) is 5.03. The molecule has 1 unspecified atom stereocenters. The summed E-state index contributed by atoms with van der Waals surface area (Å²) in [6.07, 6.45) is 0.0695. The molecule has 0 spiro atoms. The van der Waals surface area contributed by atoms with E-state index in [0.29, 0.717) is 13.1 Å². The molecule has 0 amide bonds. The highest BCUT2D eigenvalue weighted by atomic mass is 32.1. The second-order valence-corrected chi connectivity index (χ2v) is 4.95. The van der Waals surface area contributed by atoms with Gasteiger partial charge in [0, 0.05) is 24.0 Å². The fourth-order valence-electron chi connectivity index (χ4n) is 1.74. The lowest BCUT2D eigenvalue weighted by atomic mass is 10.2. The van der Waals surface area contributed by atoms with Gasteiger partial charge in [-0.1, -0.05) is 18.3 Å². The molecule has 0 fully saturated rings. The second kappa shape index (κ2) is 6.46. The zero-order valence-corrected chi connectivity index (χ0v) is 11.1. The maximum absolute atomic E-state index is 10.7. The van der Waals surface area contributed by atoms with E-state index in [1.807, 2.05) is 18.7 Å². The molecule has 0 radical (unpaired) electrons. The Balaban J connectivity index is 2.66. The zero-order valence-electron chi connectivity index (χ0n) is 10.3. The van der Waals surface area contributed by atoms with Crippen LogP contribution >= 0.6 is 11.3 Å². The number of rotatable bonds is 7. The molecule has 6 nitrogen and oxygen atoms in total. The number of hydrogen-bond acceptors (Lipinski definition) is 5. The van der Waals surface area contributed by atoms with Crippen molar-refractivity contribution in [3.8, 4) is 0 Å². The van der Waals surface area contributed by atoms with Crippen molar-refractivity contribution >= 4 is 22.3 Å². The van der Waals surface area contributed by atoms with Gasteiger partial charge in [-0.25, -0.2) is 0 Å². The maximum atomic E-state index is 10.7. The van der Waals surface area contributed by atoms with E-state index in [4.69, 9.17) is 5.11 Å². The molecule has 18 heavy (non-hydrogen) atoms. The molecule has 0 bridgehead atoms. The average Bonchev–Trinajstić information content (AvgIpc) is 2.73. The molecule has 1 heterocycles. The van der Waals surface area contributed by atoms with Crippen molar-refractivity contribution in [3.63, 3.8) is 0 Å². The Morgan fingerprint density at radius 2 is 2.33 bits per heavy atom. The van der Waals surface area contributed by atoms with Crippen LogP contribution in [0.5, 0.6) is 0 Å². The highest BCUT2D eigenvalue weighted by molar-refractivity contribution is 7.13. The monoisotopic (exact) mass is 272 g/mol. The van der Waals surface area contributed by atoms with E-state index < -0.39 is 10.9 Å². The molecule has 7 heteroatoms. The molecule has 0 aromatic carbocycles. The minimum atomic E-state index is -0.836. The number of carboxylic acids is 1. The number of nitro groups is 1. The van der Waals surface area contributed by atoms with E-state index >= 15 is 0 Å². The SMILES string of the molecule is CCN(Cc1csc([N+](=O)[O-])c1)C(C)CC(=O)O. The van der Waals surface area contributed by atoms with Gasteiger partial charge in [-0.05, 0) is 19.0 Å². The number of nitrogens with zero attached hydrogens (tertiary/aromatic N) is 2. The summed E-state index contributed by atoms with van der Waals surface area (Å²) in [5.74, 6) is -0.836. The van der Waals surface area contributed by atoms with Gasteiger partial charge < -0.3 is 5.11 Å². The third-order valence-electron chi connectivity index (χ3n) is 2.71. The Morgan fingerprint density at radius 3 is 2.78 bits per heavy atom. The van der Waals surface area contributed by atoms with E-state index in [2.05, 4.69) is 0 Å². The highest BCUT2D eigenvalue weighted by Gasteiger charge is 2.17. The third-order valence-corrected chi connectivity index (χ3v) is 3.63. The van der Waals surface area contributed by atoms with Crippen LogP contribution in [-0.4, -0.2) is 33.5 Å². The molecule has 0 aliphatic carbocycles. The maximum Gasteiger partial charge on any atom is 0.324 e. The predicted molar refractivity (Wildman–Crippen MR) is 68.8 cm³/mol. The van der Waals surface area contributed by atoms with Crippen molar-refractivity contribution in [1.82, 2.24) is 4.90 Å². The van der Waals surface area contributed by atoms with Crippen molar-refractivity contribution in [2.24, 2.45) is 0 Å². The van der Waals surface area contributed by atoms with E-state index in [1.54, 1.807) is 11.4 Å². The quantitative estimate of drug-likeness (QED) is 0.608. The number of carboxylic acid groups (broad SMARTS) is 1. The van der Waals surface area contributed by atoms with Crippen molar-refractivity contribution in [3.05, 3.63) is 27.1 Å². The Bertz CT molecular complexity index is 432. The van der Waals surface area contributed by atoms with E-state index in [9.17, 15) is 14.9 Å². The van der Waals surface area contributed by atoms with Gasteiger partial charge in [0.25, 0.3) is 0 Å². The Hall–Kier alpha value is -1.47. The third kappa shape index (κ3) is 4.08. The summed E-state index contributed by atoms with van der Waals surface area (Å²) in [6, 6.07) is 1.45. The van der Waals surface area contributed by atoms with Crippen molar-refractivity contribution in [2.75, 3.05) is 6.54 Å². The number of thiophene rings is 1. The van der Waals surface area contributed by atoms with Gasteiger partial charge >= 0.3 is 11.0 Å². The highest BCUT2D eigenvalue weighted by Crippen LogP contribution is 2.24. The molecular formula is C11H16N2O4S. The first kappa shape index (κ1) is 14.6. The van der Waals surface area contributed by atoms with E-state index in [-0.39, 0.29) is 17.5 Å². The van der Waals surface area contributed by atoms with Crippen LogP contribution in [0.15, 0.2) is 11.4 Å². The molecule has 1 N–H and O–H groups in total. The van der Waals surface area contributed by atoms with Gasteiger partial charge in [0.1, 0.15) is 0 Å². The van der Waals surface area contributed by atoms with E-state index in [0.717, 1.165) is 16.9 Å². The molecule has 1 aromatic heterocycles. The summed E-state index contributed by atoms with van der Waals surface area (Å²) in [5, 5.41) is 21.2. The first-order valence-corrected chi connectivity index (χ1v) is 6.49. The van der Waals surface area contributed by atoms with Crippen LogP contribution in [0.2, 0.25) is 0 Å². The predicted octanol–water partition coefficient (Wildman–Crippen LogP) is 2.34. The molecule has 0 saturated carbocycles. The largest absolute Gasteiger partial charge is 0.481 e. The van der Waals surface area contributed by atoms with Gasteiger partial charge in [-0.15, -0.1) is 0 Å². The number of hydrogen-bond donors (Lipinski definition) is 1. The number of carbonyl (C=O) groups is 1.